The minimum Gasteiger partial charge on any atom is -0.0678 e. The van der Waals surface area contributed by atoms with Crippen molar-refractivity contribution in [1.29, 1.82) is 0 Å². The molecule has 0 saturated carbocycles. The molecule has 0 saturated heterocycles. The van der Waals surface area contributed by atoms with E-state index in [1.165, 1.54) is 24.2 Å². The van der Waals surface area contributed by atoms with Gasteiger partial charge in [0.05, 0.1) is 8.07 Å². The van der Waals surface area contributed by atoms with Crippen molar-refractivity contribution < 1.29 is 0 Å². The quantitative estimate of drug-likeness (QED) is 0.541. The van der Waals surface area contributed by atoms with Crippen molar-refractivity contribution in [2.75, 3.05) is 0 Å². The summed E-state index contributed by atoms with van der Waals surface area (Å²) in [6.45, 7) is 14.4. The van der Waals surface area contributed by atoms with Gasteiger partial charge in [0.2, 0.25) is 0 Å². The minimum absolute atomic E-state index is 0.870. The van der Waals surface area contributed by atoms with Crippen LogP contribution in [0.2, 0.25) is 24.2 Å². The molecule has 13 heavy (non-hydrogen) atoms. The molecule has 0 N–H and O–H groups in total. The molecule has 0 aromatic rings. The Hall–Kier alpha value is 0.217. The molecule has 0 nitrogen and oxygen atoms in total. The minimum atomic E-state index is -0.870. The molecule has 0 rings (SSSR count). The first-order valence-corrected chi connectivity index (χ1v) is 8.78. The highest BCUT2D eigenvalue weighted by molar-refractivity contribution is 6.79. The Balaban J connectivity index is 4.30. The summed E-state index contributed by atoms with van der Waals surface area (Å²) in [5.41, 5.74) is 0. The molecule has 0 bridgehead atoms. The Bertz CT molecular complexity index is 111. The molecule has 0 aromatic heterocycles. The van der Waals surface area contributed by atoms with Crippen molar-refractivity contribution in [3.63, 3.8) is 0 Å². The van der Waals surface area contributed by atoms with E-state index in [9.17, 15) is 0 Å². The molecule has 0 aliphatic carbocycles. The summed E-state index contributed by atoms with van der Waals surface area (Å²) in [7, 11) is -0.870. The van der Waals surface area contributed by atoms with Crippen LogP contribution in [0.5, 0.6) is 0 Å². The first-order chi connectivity index (χ1) is 5.95. The highest BCUT2D eigenvalue weighted by Crippen LogP contribution is 2.31. The molecule has 1 heteroatoms. The van der Waals surface area contributed by atoms with Gasteiger partial charge in [0.25, 0.3) is 0 Å². The third-order valence-corrected chi connectivity index (χ3v) is 9.55. The van der Waals surface area contributed by atoms with Gasteiger partial charge in [0.1, 0.15) is 0 Å². The Morgan fingerprint density at radius 2 is 1.08 bits per heavy atom. The number of hydrogen-bond acceptors (Lipinski definition) is 0. The average Bonchev–Trinajstić information content (AvgIpc) is 2.01. The second-order valence-corrected chi connectivity index (χ2v) is 10.6. The summed E-state index contributed by atoms with van der Waals surface area (Å²) >= 11 is 0. The van der Waals surface area contributed by atoms with E-state index in [2.05, 4.69) is 41.5 Å². The highest BCUT2D eigenvalue weighted by atomic mass is 28.3. The van der Waals surface area contributed by atoms with E-state index in [0.717, 1.165) is 11.8 Å². The second-order valence-electron chi connectivity index (χ2n) is 5.40. The highest BCUT2D eigenvalue weighted by Gasteiger charge is 2.30. The number of hydrogen-bond donors (Lipinski definition) is 0. The van der Waals surface area contributed by atoms with E-state index in [0.29, 0.717) is 0 Å². The molecule has 0 unspecified atom stereocenters. The molecule has 0 radical (unpaired) electrons. The standard InChI is InChI=1S/C12H28Si/c1-7-13(8-2,9-11(3)4)10-12(5)6/h11-12H,7-10H2,1-6H3. The smallest absolute Gasteiger partial charge is 0.0535 e. The molecule has 0 aromatic carbocycles. The van der Waals surface area contributed by atoms with Crippen LogP contribution in [0.15, 0.2) is 0 Å². The first-order valence-electron chi connectivity index (χ1n) is 5.95. The van der Waals surface area contributed by atoms with Crippen molar-refractivity contribution in [2.24, 2.45) is 11.8 Å². The van der Waals surface area contributed by atoms with Crippen LogP contribution in [0, 0.1) is 11.8 Å². The van der Waals surface area contributed by atoms with E-state index < -0.39 is 8.07 Å². The molecule has 0 heterocycles. The maximum atomic E-state index is 2.42. The summed E-state index contributed by atoms with van der Waals surface area (Å²) in [5.74, 6) is 1.82. The molecule has 0 aliphatic heterocycles. The Morgan fingerprint density at radius 1 is 0.769 bits per heavy atom. The third kappa shape index (κ3) is 4.85. The van der Waals surface area contributed by atoms with Gasteiger partial charge >= 0.3 is 0 Å². The van der Waals surface area contributed by atoms with Crippen LogP contribution < -0.4 is 0 Å². The van der Waals surface area contributed by atoms with Gasteiger partial charge in [-0.15, -0.1) is 0 Å². The Kier molecular flexibility index (Phi) is 5.94. The van der Waals surface area contributed by atoms with Gasteiger partial charge in [-0.1, -0.05) is 65.7 Å². The van der Waals surface area contributed by atoms with Crippen LogP contribution in [0.4, 0.5) is 0 Å². The van der Waals surface area contributed by atoms with Crippen LogP contribution in [0.3, 0.4) is 0 Å². The maximum absolute atomic E-state index is 2.42. The summed E-state index contributed by atoms with van der Waals surface area (Å²) in [6.07, 6.45) is 0. The van der Waals surface area contributed by atoms with Gasteiger partial charge in [-0.3, -0.25) is 0 Å². The maximum Gasteiger partial charge on any atom is 0.0535 e. The van der Waals surface area contributed by atoms with E-state index >= 15 is 0 Å². The van der Waals surface area contributed by atoms with Crippen molar-refractivity contribution in [2.45, 2.75) is 65.7 Å². The van der Waals surface area contributed by atoms with Crippen molar-refractivity contribution >= 4 is 8.07 Å². The van der Waals surface area contributed by atoms with Gasteiger partial charge in [0.15, 0.2) is 0 Å². The monoisotopic (exact) mass is 200 g/mol. The van der Waals surface area contributed by atoms with E-state index in [1.807, 2.05) is 0 Å². The van der Waals surface area contributed by atoms with Crippen LogP contribution in [0.1, 0.15) is 41.5 Å². The fourth-order valence-corrected chi connectivity index (χ4v) is 7.93. The van der Waals surface area contributed by atoms with Crippen LogP contribution in [-0.2, 0) is 0 Å². The molecule has 0 fully saturated rings. The van der Waals surface area contributed by atoms with Gasteiger partial charge in [-0.05, 0) is 11.8 Å². The summed E-state index contributed by atoms with van der Waals surface area (Å²) < 4.78 is 0. The Labute approximate surface area is 86.1 Å². The fraction of sp³-hybridized carbons (Fsp3) is 1.00. The SMILES string of the molecule is CC[Si](CC)(CC(C)C)CC(C)C. The predicted molar refractivity (Wildman–Crippen MR) is 66.0 cm³/mol. The van der Waals surface area contributed by atoms with Gasteiger partial charge in [0, 0.05) is 0 Å². The fourth-order valence-electron chi connectivity index (χ4n) is 2.64. The van der Waals surface area contributed by atoms with Crippen LogP contribution >= 0.6 is 0 Å². The average molecular weight is 200 g/mol. The first kappa shape index (κ1) is 13.2. The van der Waals surface area contributed by atoms with Crippen molar-refractivity contribution in [3.8, 4) is 0 Å². The van der Waals surface area contributed by atoms with Crippen molar-refractivity contribution in [1.82, 2.24) is 0 Å². The van der Waals surface area contributed by atoms with Gasteiger partial charge in [-0.25, -0.2) is 0 Å². The third-order valence-electron chi connectivity index (χ3n) is 3.18. The molecular weight excluding hydrogens is 172 g/mol. The zero-order chi connectivity index (χ0) is 10.5. The summed E-state index contributed by atoms with van der Waals surface area (Å²) in [6, 6.07) is 6.05. The normalized spacial score (nSPS) is 12.9. The van der Waals surface area contributed by atoms with Crippen molar-refractivity contribution in [3.05, 3.63) is 0 Å². The van der Waals surface area contributed by atoms with E-state index in [-0.39, 0.29) is 0 Å². The van der Waals surface area contributed by atoms with E-state index in [4.69, 9.17) is 0 Å². The topological polar surface area (TPSA) is 0 Å². The summed E-state index contributed by atoms with van der Waals surface area (Å²) in [5, 5.41) is 0. The molecule has 0 amide bonds. The lowest BCUT2D eigenvalue weighted by atomic mass is 10.3. The lowest BCUT2D eigenvalue weighted by Gasteiger charge is -2.33. The molecule has 0 spiro atoms. The molecule has 80 valence electrons. The second kappa shape index (κ2) is 5.84. The van der Waals surface area contributed by atoms with E-state index in [1.54, 1.807) is 0 Å². The lowest BCUT2D eigenvalue weighted by molar-refractivity contribution is 0.671. The predicted octanol–water partition coefficient (Wildman–Crippen LogP) is 4.79. The molecule has 0 aliphatic rings. The summed E-state index contributed by atoms with van der Waals surface area (Å²) in [4.78, 5) is 0. The molecule has 0 atom stereocenters. The zero-order valence-corrected chi connectivity index (χ0v) is 11.5. The molecular formula is C12H28Si. The van der Waals surface area contributed by atoms with Gasteiger partial charge in [-0.2, -0.15) is 0 Å². The van der Waals surface area contributed by atoms with Gasteiger partial charge < -0.3 is 0 Å². The Morgan fingerprint density at radius 3 is 1.23 bits per heavy atom. The van der Waals surface area contributed by atoms with Crippen LogP contribution in [-0.4, -0.2) is 8.07 Å². The number of rotatable bonds is 6. The largest absolute Gasteiger partial charge is 0.0678 e. The van der Waals surface area contributed by atoms with Crippen LogP contribution in [0.25, 0.3) is 0 Å². The lowest BCUT2D eigenvalue weighted by Crippen LogP contribution is -2.35. The zero-order valence-electron chi connectivity index (χ0n) is 10.5.